The van der Waals surface area contributed by atoms with Gasteiger partial charge in [0.05, 0.1) is 0 Å². The fourth-order valence-corrected chi connectivity index (χ4v) is 2.33. The van der Waals surface area contributed by atoms with Crippen LogP contribution in [0.3, 0.4) is 0 Å². The Balaban J connectivity index is 2.61. The van der Waals surface area contributed by atoms with Crippen LogP contribution in [0.25, 0.3) is 0 Å². The third-order valence-corrected chi connectivity index (χ3v) is 3.73. The molecule has 0 saturated heterocycles. The van der Waals surface area contributed by atoms with Gasteiger partial charge in [0.25, 0.3) is 0 Å². The maximum atomic E-state index is 12.3. The average Bonchev–Trinajstić information content (AvgIpc) is 2.40. The normalized spacial score (nSPS) is 13.8. The molecule has 0 radical (unpaired) electrons. The lowest BCUT2D eigenvalue weighted by Crippen LogP contribution is -2.22. The number of amides is 1. The number of para-hydroxylation sites is 1. The van der Waals surface area contributed by atoms with Gasteiger partial charge in [-0.2, -0.15) is 0 Å². The van der Waals surface area contributed by atoms with Crippen molar-refractivity contribution in [2.75, 3.05) is 5.32 Å². The first-order valence-corrected chi connectivity index (χ1v) is 7.60. The second-order valence-electron chi connectivity index (χ2n) is 5.76. The molecule has 0 aliphatic heterocycles. The van der Waals surface area contributed by atoms with Gasteiger partial charge in [0.15, 0.2) is 0 Å². The molecule has 0 aliphatic rings. The molecule has 112 valence electrons. The van der Waals surface area contributed by atoms with Gasteiger partial charge < -0.3 is 11.1 Å². The number of nitrogens with two attached hydrogens (primary N) is 1. The first-order valence-electron chi connectivity index (χ1n) is 7.60. The SMILES string of the molecule is CCc1cccc(C)c1NC(=O)C(C)CCCC(C)N. The molecule has 3 N–H and O–H groups in total. The van der Waals surface area contributed by atoms with Gasteiger partial charge in [-0.15, -0.1) is 0 Å². The van der Waals surface area contributed by atoms with E-state index in [0.29, 0.717) is 0 Å². The Labute approximate surface area is 122 Å². The Kier molecular flexibility index (Phi) is 6.73. The van der Waals surface area contributed by atoms with Gasteiger partial charge in [-0.25, -0.2) is 0 Å². The molecule has 20 heavy (non-hydrogen) atoms. The first kappa shape index (κ1) is 16.7. The number of hydrogen-bond donors (Lipinski definition) is 2. The van der Waals surface area contributed by atoms with Crippen LogP contribution in [-0.2, 0) is 11.2 Å². The molecule has 0 aromatic heterocycles. The van der Waals surface area contributed by atoms with Gasteiger partial charge in [0.2, 0.25) is 5.91 Å². The smallest absolute Gasteiger partial charge is 0.227 e. The highest BCUT2D eigenvalue weighted by atomic mass is 16.1. The summed E-state index contributed by atoms with van der Waals surface area (Å²) in [5.74, 6) is 0.136. The standard InChI is InChI=1S/C17H28N2O/c1-5-15-11-7-8-12(2)16(15)19-17(20)13(3)9-6-10-14(4)18/h7-8,11,13-14H,5-6,9-10,18H2,1-4H3,(H,19,20). The van der Waals surface area contributed by atoms with Crippen LogP contribution < -0.4 is 11.1 Å². The Morgan fingerprint density at radius 3 is 2.60 bits per heavy atom. The van der Waals surface area contributed by atoms with Crippen LogP contribution in [-0.4, -0.2) is 11.9 Å². The van der Waals surface area contributed by atoms with Crippen LogP contribution in [0.5, 0.6) is 0 Å². The van der Waals surface area contributed by atoms with E-state index in [1.807, 2.05) is 32.9 Å². The number of aryl methyl sites for hydroxylation is 2. The fourth-order valence-electron chi connectivity index (χ4n) is 2.33. The molecule has 1 rings (SSSR count). The number of anilines is 1. The Morgan fingerprint density at radius 1 is 1.30 bits per heavy atom. The lowest BCUT2D eigenvalue weighted by molar-refractivity contribution is -0.119. The molecule has 3 heteroatoms. The number of nitrogens with one attached hydrogen (secondary N) is 1. The van der Waals surface area contributed by atoms with Crippen molar-refractivity contribution in [2.24, 2.45) is 11.7 Å². The topological polar surface area (TPSA) is 55.1 Å². The van der Waals surface area contributed by atoms with E-state index in [2.05, 4.69) is 18.3 Å². The van der Waals surface area contributed by atoms with Crippen molar-refractivity contribution in [3.8, 4) is 0 Å². The quantitative estimate of drug-likeness (QED) is 0.798. The highest BCUT2D eigenvalue weighted by Crippen LogP contribution is 2.22. The average molecular weight is 276 g/mol. The minimum absolute atomic E-state index is 0.0260. The lowest BCUT2D eigenvalue weighted by atomic mass is 10.00. The molecule has 0 saturated carbocycles. The molecule has 2 unspecified atom stereocenters. The van der Waals surface area contributed by atoms with E-state index in [4.69, 9.17) is 5.73 Å². The van der Waals surface area contributed by atoms with Crippen molar-refractivity contribution in [3.63, 3.8) is 0 Å². The molecule has 1 aromatic carbocycles. The second kappa shape index (κ2) is 8.05. The lowest BCUT2D eigenvalue weighted by Gasteiger charge is -2.16. The van der Waals surface area contributed by atoms with Crippen LogP contribution in [0.4, 0.5) is 5.69 Å². The molecule has 0 aliphatic carbocycles. The molecular formula is C17H28N2O. The van der Waals surface area contributed by atoms with Crippen molar-refractivity contribution in [1.82, 2.24) is 0 Å². The van der Waals surface area contributed by atoms with E-state index in [1.54, 1.807) is 0 Å². The summed E-state index contributed by atoms with van der Waals surface area (Å²) in [6, 6.07) is 6.36. The zero-order valence-corrected chi connectivity index (χ0v) is 13.2. The van der Waals surface area contributed by atoms with Crippen molar-refractivity contribution in [3.05, 3.63) is 29.3 Å². The summed E-state index contributed by atoms with van der Waals surface area (Å²) in [6.07, 6.45) is 3.79. The van der Waals surface area contributed by atoms with E-state index in [9.17, 15) is 4.79 Å². The largest absolute Gasteiger partial charge is 0.328 e. The van der Waals surface area contributed by atoms with E-state index < -0.39 is 0 Å². The van der Waals surface area contributed by atoms with Gasteiger partial charge in [0.1, 0.15) is 0 Å². The summed E-state index contributed by atoms with van der Waals surface area (Å²) in [7, 11) is 0. The van der Waals surface area contributed by atoms with Gasteiger partial charge in [-0.3, -0.25) is 4.79 Å². The molecule has 0 spiro atoms. The Bertz CT molecular complexity index is 441. The highest BCUT2D eigenvalue weighted by Gasteiger charge is 2.15. The third kappa shape index (κ3) is 4.97. The summed E-state index contributed by atoms with van der Waals surface area (Å²) in [5, 5.41) is 3.10. The molecule has 2 atom stereocenters. The van der Waals surface area contributed by atoms with Gasteiger partial charge >= 0.3 is 0 Å². The maximum Gasteiger partial charge on any atom is 0.227 e. The van der Waals surface area contributed by atoms with Crippen molar-refractivity contribution >= 4 is 11.6 Å². The van der Waals surface area contributed by atoms with Crippen molar-refractivity contribution < 1.29 is 4.79 Å². The molecular weight excluding hydrogens is 248 g/mol. The van der Waals surface area contributed by atoms with E-state index in [1.165, 1.54) is 5.56 Å². The molecule has 0 fully saturated rings. The number of carbonyl (C=O) groups excluding carboxylic acids is 1. The summed E-state index contributed by atoms with van der Waals surface area (Å²) < 4.78 is 0. The predicted molar refractivity (Wildman–Crippen MR) is 85.9 cm³/mol. The van der Waals surface area contributed by atoms with Crippen LogP contribution >= 0.6 is 0 Å². The summed E-state index contributed by atoms with van der Waals surface area (Å²) in [6.45, 7) is 8.14. The van der Waals surface area contributed by atoms with E-state index in [0.717, 1.165) is 36.9 Å². The summed E-state index contributed by atoms with van der Waals surface area (Å²) >= 11 is 0. The molecule has 3 nitrogen and oxygen atoms in total. The number of carbonyl (C=O) groups is 1. The summed E-state index contributed by atoms with van der Waals surface area (Å²) in [4.78, 5) is 12.3. The predicted octanol–water partition coefficient (Wildman–Crippen LogP) is 3.65. The van der Waals surface area contributed by atoms with Gasteiger partial charge in [-0.1, -0.05) is 38.5 Å². The number of hydrogen-bond acceptors (Lipinski definition) is 2. The Hall–Kier alpha value is -1.35. The van der Waals surface area contributed by atoms with Crippen LogP contribution in [0.1, 0.15) is 51.2 Å². The zero-order chi connectivity index (χ0) is 15.1. The zero-order valence-electron chi connectivity index (χ0n) is 13.2. The number of benzene rings is 1. The maximum absolute atomic E-state index is 12.3. The fraction of sp³-hybridized carbons (Fsp3) is 0.588. The van der Waals surface area contributed by atoms with Gasteiger partial charge in [0, 0.05) is 17.6 Å². The van der Waals surface area contributed by atoms with Crippen LogP contribution in [0.15, 0.2) is 18.2 Å². The summed E-state index contributed by atoms with van der Waals surface area (Å²) in [5.41, 5.74) is 9.04. The van der Waals surface area contributed by atoms with E-state index in [-0.39, 0.29) is 17.9 Å². The highest BCUT2D eigenvalue weighted by molar-refractivity contribution is 5.93. The third-order valence-electron chi connectivity index (χ3n) is 3.73. The van der Waals surface area contributed by atoms with Crippen molar-refractivity contribution in [1.29, 1.82) is 0 Å². The number of rotatable bonds is 7. The minimum atomic E-state index is 0.0260. The molecule has 0 heterocycles. The molecule has 1 amide bonds. The van der Waals surface area contributed by atoms with Gasteiger partial charge in [-0.05, 0) is 44.2 Å². The second-order valence-corrected chi connectivity index (χ2v) is 5.76. The molecule has 0 bridgehead atoms. The molecule has 1 aromatic rings. The Morgan fingerprint density at radius 2 is 2.00 bits per heavy atom. The first-order chi connectivity index (χ1) is 9.45. The monoisotopic (exact) mass is 276 g/mol. The minimum Gasteiger partial charge on any atom is -0.328 e. The van der Waals surface area contributed by atoms with Crippen LogP contribution in [0.2, 0.25) is 0 Å². The van der Waals surface area contributed by atoms with Crippen LogP contribution in [0, 0.1) is 12.8 Å². The van der Waals surface area contributed by atoms with Crippen molar-refractivity contribution in [2.45, 2.75) is 59.4 Å². The van der Waals surface area contributed by atoms with E-state index >= 15 is 0 Å².